The van der Waals surface area contributed by atoms with Gasteiger partial charge in [0.05, 0.1) is 0 Å². The average molecular weight is 206 g/mol. The molecule has 4 nitrogen and oxygen atoms in total. The van der Waals surface area contributed by atoms with Crippen molar-refractivity contribution >= 4 is 16.7 Å². The number of hydrogen-bond donors (Lipinski definition) is 2. The van der Waals surface area contributed by atoms with Crippen LogP contribution in [0.4, 0.5) is 0 Å². The van der Waals surface area contributed by atoms with E-state index in [0.717, 1.165) is 0 Å². The van der Waals surface area contributed by atoms with Gasteiger partial charge in [-0.05, 0) is 13.3 Å². The zero-order valence-corrected chi connectivity index (χ0v) is 9.02. The van der Waals surface area contributed by atoms with Crippen molar-refractivity contribution in [2.24, 2.45) is 5.73 Å². The molecular weight excluding hydrogens is 188 g/mol. The Balaban J connectivity index is 3.35. The van der Waals surface area contributed by atoms with Gasteiger partial charge in [-0.1, -0.05) is 0 Å². The summed E-state index contributed by atoms with van der Waals surface area (Å²) in [6.45, 7) is 2.36. The minimum Gasteiger partial charge on any atom is -0.355 e. The largest absolute Gasteiger partial charge is 0.355 e. The molecule has 0 saturated heterocycles. The third-order valence-electron chi connectivity index (χ3n) is 1.54. The van der Waals surface area contributed by atoms with Crippen molar-refractivity contribution in [2.45, 2.75) is 25.8 Å². The molecule has 2 unspecified atom stereocenters. The van der Waals surface area contributed by atoms with Gasteiger partial charge in [-0.2, -0.15) is 0 Å². The van der Waals surface area contributed by atoms with Gasteiger partial charge in [0, 0.05) is 41.8 Å². The molecule has 0 bridgehead atoms. The fourth-order valence-electron chi connectivity index (χ4n) is 0.781. The minimum absolute atomic E-state index is 0.0113. The van der Waals surface area contributed by atoms with Gasteiger partial charge in [-0.3, -0.25) is 9.00 Å². The summed E-state index contributed by atoms with van der Waals surface area (Å²) in [6, 6.07) is 0.0612. The molecule has 1 amide bonds. The van der Waals surface area contributed by atoms with Crippen LogP contribution in [0.2, 0.25) is 0 Å². The Labute approximate surface area is 81.7 Å². The van der Waals surface area contributed by atoms with Crippen molar-refractivity contribution < 1.29 is 9.00 Å². The summed E-state index contributed by atoms with van der Waals surface area (Å²) < 4.78 is 10.6. The maximum absolute atomic E-state index is 11.1. The van der Waals surface area contributed by atoms with E-state index in [0.29, 0.717) is 25.1 Å². The second-order valence-corrected chi connectivity index (χ2v) is 4.70. The molecule has 0 aliphatic rings. The van der Waals surface area contributed by atoms with E-state index < -0.39 is 10.8 Å². The van der Waals surface area contributed by atoms with Crippen molar-refractivity contribution in [1.29, 1.82) is 0 Å². The van der Waals surface area contributed by atoms with Crippen molar-refractivity contribution in [3.8, 4) is 0 Å². The second-order valence-electron chi connectivity index (χ2n) is 3.14. The Kier molecular flexibility index (Phi) is 6.80. The lowest BCUT2D eigenvalue weighted by molar-refractivity contribution is -0.121. The van der Waals surface area contributed by atoms with Gasteiger partial charge in [0.2, 0.25) is 5.91 Å². The van der Waals surface area contributed by atoms with Crippen LogP contribution in [-0.2, 0) is 15.6 Å². The van der Waals surface area contributed by atoms with E-state index in [-0.39, 0.29) is 11.9 Å². The smallest absolute Gasteiger partial charge is 0.220 e. The first-order chi connectivity index (χ1) is 6.02. The quantitative estimate of drug-likeness (QED) is 0.621. The number of carbonyl (C=O) groups excluding carboxylic acids is 1. The zero-order valence-electron chi connectivity index (χ0n) is 8.21. The lowest BCUT2D eigenvalue weighted by Crippen LogP contribution is -2.28. The lowest BCUT2D eigenvalue weighted by atomic mass is 10.2. The van der Waals surface area contributed by atoms with Gasteiger partial charge < -0.3 is 11.1 Å². The van der Waals surface area contributed by atoms with Crippen molar-refractivity contribution in [3.63, 3.8) is 0 Å². The van der Waals surface area contributed by atoms with Crippen molar-refractivity contribution in [1.82, 2.24) is 5.32 Å². The van der Waals surface area contributed by atoms with Crippen molar-refractivity contribution in [2.75, 3.05) is 18.6 Å². The first-order valence-corrected chi connectivity index (χ1v) is 6.07. The van der Waals surface area contributed by atoms with E-state index in [2.05, 4.69) is 5.32 Å². The van der Waals surface area contributed by atoms with Crippen LogP contribution >= 0.6 is 0 Å². The summed E-state index contributed by atoms with van der Waals surface area (Å²) in [5, 5.41) is 2.68. The molecule has 3 N–H and O–H groups in total. The van der Waals surface area contributed by atoms with Crippen molar-refractivity contribution in [3.05, 3.63) is 0 Å². The van der Waals surface area contributed by atoms with E-state index in [4.69, 9.17) is 5.73 Å². The van der Waals surface area contributed by atoms with Gasteiger partial charge in [-0.25, -0.2) is 0 Å². The van der Waals surface area contributed by atoms with Gasteiger partial charge in [0.25, 0.3) is 0 Å². The Bertz CT molecular complexity index is 183. The molecule has 0 aliphatic carbocycles. The number of amides is 1. The molecule has 0 aromatic rings. The predicted octanol–water partition coefficient (Wildman–Crippen LogP) is -0.391. The number of hydrogen-bond acceptors (Lipinski definition) is 3. The maximum Gasteiger partial charge on any atom is 0.220 e. The zero-order chi connectivity index (χ0) is 10.3. The lowest BCUT2D eigenvalue weighted by Gasteiger charge is -2.05. The number of nitrogens with one attached hydrogen (secondary N) is 1. The molecule has 5 heteroatoms. The van der Waals surface area contributed by atoms with Gasteiger partial charge in [0.1, 0.15) is 0 Å². The number of carbonyl (C=O) groups is 1. The summed E-state index contributed by atoms with van der Waals surface area (Å²) in [4.78, 5) is 11.1. The van der Waals surface area contributed by atoms with Crippen LogP contribution in [0.25, 0.3) is 0 Å². The summed E-state index contributed by atoms with van der Waals surface area (Å²) in [7, 11) is -0.834. The molecule has 0 aromatic carbocycles. The maximum atomic E-state index is 11.1. The van der Waals surface area contributed by atoms with Gasteiger partial charge in [0.15, 0.2) is 0 Å². The Hall–Kier alpha value is -0.420. The topological polar surface area (TPSA) is 72.2 Å². The second kappa shape index (κ2) is 7.03. The number of rotatable bonds is 6. The Morgan fingerprint density at radius 2 is 2.23 bits per heavy atom. The highest BCUT2D eigenvalue weighted by Gasteiger charge is 2.02. The molecule has 0 aliphatic heterocycles. The van der Waals surface area contributed by atoms with Crippen LogP contribution in [-0.4, -0.2) is 34.7 Å². The Morgan fingerprint density at radius 3 is 2.69 bits per heavy atom. The molecule has 0 fully saturated rings. The SMILES string of the molecule is CC(N)CCC(=O)NCCS(C)=O. The van der Waals surface area contributed by atoms with Crippen LogP contribution in [0.1, 0.15) is 19.8 Å². The molecule has 0 radical (unpaired) electrons. The third-order valence-corrected chi connectivity index (χ3v) is 2.32. The molecule has 0 rings (SSSR count). The number of nitrogens with two attached hydrogens (primary N) is 1. The van der Waals surface area contributed by atoms with Gasteiger partial charge in [-0.15, -0.1) is 0 Å². The fraction of sp³-hybridized carbons (Fsp3) is 0.875. The highest BCUT2D eigenvalue weighted by atomic mass is 32.2. The minimum atomic E-state index is -0.834. The predicted molar refractivity (Wildman–Crippen MR) is 54.8 cm³/mol. The monoisotopic (exact) mass is 206 g/mol. The third kappa shape index (κ3) is 9.49. The van der Waals surface area contributed by atoms with Crippen LogP contribution in [0.15, 0.2) is 0 Å². The molecule has 0 aromatic heterocycles. The van der Waals surface area contributed by atoms with E-state index >= 15 is 0 Å². The van der Waals surface area contributed by atoms with E-state index in [1.165, 1.54) is 0 Å². The van der Waals surface area contributed by atoms with Crippen LogP contribution < -0.4 is 11.1 Å². The highest BCUT2D eigenvalue weighted by Crippen LogP contribution is 1.92. The molecule has 0 saturated carbocycles. The standard InChI is InChI=1S/C8H18N2O2S/c1-7(9)3-4-8(11)10-5-6-13(2)12/h7H,3-6,9H2,1-2H3,(H,10,11). The van der Waals surface area contributed by atoms with Crippen LogP contribution in [0.3, 0.4) is 0 Å². The van der Waals surface area contributed by atoms with Crippen LogP contribution in [0.5, 0.6) is 0 Å². The van der Waals surface area contributed by atoms with Crippen LogP contribution in [0, 0.1) is 0 Å². The highest BCUT2D eigenvalue weighted by molar-refractivity contribution is 7.84. The summed E-state index contributed by atoms with van der Waals surface area (Å²) in [5.41, 5.74) is 5.49. The molecule has 2 atom stereocenters. The van der Waals surface area contributed by atoms with E-state index in [1.54, 1.807) is 6.26 Å². The first-order valence-electron chi connectivity index (χ1n) is 4.34. The molecule has 13 heavy (non-hydrogen) atoms. The van der Waals surface area contributed by atoms with Gasteiger partial charge >= 0.3 is 0 Å². The van der Waals surface area contributed by atoms with E-state index in [1.807, 2.05) is 6.92 Å². The summed E-state index contributed by atoms with van der Waals surface area (Å²) in [6.07, 6.45) is 2.77. The summed E-state index contributed by atoms with van der Waals surface area (Å²) >= 11 is 0. The first kappa shape index (κ1) is 12.6. The Morgan fingerprint density at radius 1 is 1.62 bits per heavy atom. The molecule has 0 spiro atoms. The fourth-order valence-corrected chi connectivity index (χ4v) is 1.17. The molecule has 0 heterocycles. The summed E-state index contributed by atoms with van der Waals surface area (Å²) in [5.74, 6) is 0.506. The normalized spacial score (nSPS) is 15.0. The average Bonchev–Trinajstić information content (AvgIpc) is 2.00. The molecule has 78 valence electrons. The molecular formula is C8H18N2O2S. The van der Waals surface area contributed by atoms with E-state index in [9.17, 15) is 9.00 Å².